The number of carbonyl (C=O) groups excluding carboxylic acids is 1. The van der Waals surface area contributed by atoms with Crippen molar-refractivity contribution in [3.8, 4) is 0 Å². The zero-order valence-corrected chi connectivity index (χ0v) is 10.7. The predicted molar refractivity (Wildman–Crippen MR) is 65.1 cm³/mol. The van der Waals surface area contributed by atoms with E-state index >= 15 is 0 Å². The Bertz CT molecular complexity index is 340. The van der Waals surface area contributed by atoms with Gasteiger partial charge in [-0.2, -0.15) is 0 Å². The summed E-state index contributed by atoms with van der Waals surface area (Å²) in [5.41, 5.74) is 6.45. The third-order valence-electron chi connectivity index (χ3n) is 2.19. The molecule has 0 aromatic carbocycles. The van der Waals surface area contributed by atoms with Gasteiger partial charge in [0.05, 0.1) is 12.5 Å². The van der Waals surface area contributed by atoms with Gasteiger partial charge in [-0.05, 0) is 34.5 Å². The number of Topliss-reactive ketones (excluding diaryl/α,β-unsaturated/α-hetero) is 1. The number of methoxy groups -OCH3 is 1. The Labute approximate surface area is 103 Å². The summed E-state index contributed by atoms with van der Waals surface area (Å²) in [5, 5.41) is 0. The fraction of sp³-hybridized carbons (Fsp3) is 0.455. The standard InChI is InChI=1S/C11H15BrN2O2/c1-16-5-4-10(13)11(15)6-9-3-2-8(12)7-14-9/h2-3,7,10H,4-6,13H2,1H3. The maximum absolute atomic E-state index is 11.7. The van der Waals surface area contributed by atoms with E-state index in [9.17, 15) is 4.79 Å². The molecule has 0 radical (unpaired) electrons. The van der Waals surface area contributed by atoms with Crippen molar-refractivity contribution in [1.82, 2.24) is 4.98 Å². The van der Waals surface area contributed by atoms with E-state index in [1.807, 2.05) is 12.1 Å². The summed E-state index contributed by atoms with van der Waals surface area (Å²) in [6, 6.07) is 3.20. The van der Waals surface area contributed by atoms with Crippen LogP contribution in [-0.4, -0.2) is 30.5 Å². The molecule has 5 heteroatoms. The van der Waals surface area contributed by atoms with E-state index in [0.29, 0.717) is 13.0 Å². The Hall–Kier alpha value is -0.780. The van der Waals surface area contributed by atoms with Crippen LogP contribution in [0.1, 0.15) is 12.1 Å². The number of aromatic nitrogens is 1. The lowest BCUT2D eigenvalue weighted by atomic mass is 10.1. The van der Waals surface area contributed by atoms with Crippen LogP contribution in [-0.2, 0) is 16.0 Å². The third-order valence-corrected chi connectivity index (χ3v) is 2.66. The second-order valence-corrected chi connectivity index (χ2v) is 4.41. The van der Waals surface area contributed by atoms with Gasteiger partial charge in [0.25, 0.3) is 0 Å². The van der Waals surface area contributed by atoms with Gasteiger partial charge in [0, 0.05) is 30.1 Å². The quantitative estimate of drug-likeness (QED) is 0.857. The number of hydrogen-bond acceptors (Lipinski definition) is 4. The molecule has 1 heterocycles. The van der Waals surface area contributed by atoms with Crippen LogP contribution < -0.4 is 5.73 Å². The van der Waals surface area contributed by atoms with Crippen molar-refractivity contribution in [2.45, 2.75) is 18.9 Å². The van der Waals surface area contributed by atoms with Crippen LogP contribution in [0.2, 0.25) is 0 Å². The summed E-state index contributed by atoms with van der Waals surface area (Å²) >= 11 is 3.29. The molecule has 1 aromatic heterocycles. The molecule has 0 spiro atoms. The van der Waals surface area contributed by atoms with Crippen LogP contribution in [0.5, 0.6) is 0 Å². The average Bonchev–Trinajstić information content (AvgIpc) is 2.29. The van der Waals surface area contributed by atoms with E-state index in [4.69, 9.17) is 10.5 Å². The number of nitrogens with zero attached hydrogens (tertiary/aromatic N) is 1. The largest absolute Gasteiger partial charge is 0.385 e. The highest BCUT2D eigenvalue weighted by molar-refractivity contribution is 9.10. The van der Waals surface area contributed by atoms with E-state index in [-0.39, 0.29) is 12.2 Å². The van der Waals surface area contributed by atoms with E-state index in [1.54, 1.807) is 13.3 Å². The molecule has 1 rings (SSSR count). The van der Waals surface area contributed by atoms with Gasteiger partial charge in [0.2, 0.25) is 0 Å². The van der Waals surface area contributed by atoms with E-state index < -0.39 is 6.04 Å². The minimum atomic E-state index is -0.467. The Morgan fingerprint density at radius 1 is 1.62 bits per heavy atom. The van der Waals surface area contributed by atoms with Crippen molar-refractivity contribution in [2.75, 3.05) is 13.7 Å². The average molecular weight is 287 g/mol. The molecular weight excluding hydrogens is 272 g/mol. The smallest absolute Gasteiger partial charge is 0.155 e. The molecule has 0 saturated carbocycles. The van der Waals surface area contributed by atoms with Crippen LogP contribution in [0.15, 0.2) is 22.8 Å². The molecular formula is C11H15BrN2O2. The summed E-state index contributed by atoms with van der Waals surface area (Å²) < 4.78 is 5.77. The first-order valence-electron chi connectivity index (χ1n) is 5.01. The highest BCUT2D eigenvalue weighted by Crippen LogP contribution is 2.08. The highest BCUT2D eigenvalue weighted by atomic mass is 79.9. The Morgan fingerprint density at radius 3 is 2.94 bits per heavy atom. The lowest BCUT2D eigenvalue weighted by Crippen LogP contribution is -2.33. The molecule has 2 N–H and O–H groups in total. The van der Waals surface area contributed by atoms with Crippen molar-refractivity contribution < 1.29 is 9.53 Å². The fourth-order valence-corrected chi connectivity index (χ4v) is 1.46. The van der Waals surface area contributed by atoms with Crippen molar-refractivity contribution in [1.29, 1.82) is 0 Å². The zero-order chi connectivity index (χ0) is 12.0. The summed E-state index contributed by atoms with van der Waals surface area (Å²) in [5.74, 6) is -0.00753. The first-order valence-corrected chi connectivity index (χ1v) is 5.80. The van der Waals surface area contributed by atoms with Crippen LogP contribution in [0.25, 0.3) is 0 Å². The number of pyridine rings is 1. The fourth-order valence-electron chi connectivity index (χ4n) is 1.23. The van der Waals surface area contributed by atoms with Crippen molar-refractivity contribution >= 4 is 21.7 Å². The molecule has 88 valence electrons. The number of nitrogens with two attached hydrogens (primary N) is 1. The molecule has 0 fully saturated rings. The van der Waals surface area contributed by atoms with Crippen molar-refractivity contribution in [3.63, 3.8) is 0 Å². The molecule has 1 unspecified atom stereocenters. The van der Waals surface area contributed by atoms with Gasteiger partial charge >= 0.3 is 0 Å². The number of hydrogen-bond donors (Lipinski definition) is 1. The van der Waals surface area contributed by atoms with Gasteiger partial charge in [0.15, 0.2) is 5.78 Å². The first-order chi connectivity index (χ1) is 7.63. The molecule has 0 bridgehead atoms. The first kappa shape index (κ1) is 13.3. The second-order valence-electron chi connectivity index (χ2n) is 3.50. The number of rotatable bonds is 6. The highest BCUT2D eigenvalue weighted by Gasteiger charge is 2.14. The van der Waals surface area contributed by atoms with E-state index in [2.05, 4.69) is 20.9 Å². The number of ether oxygens (including phenoxy) is 1. The van der Waals surface area contributed by atoms with Gasteiger partial charge < -0.3 is 10.5 Å². The number of halogens is 1. The van der Waals surface area contributed by atoms with Crippen molar-refractivity contribution in [2.24, 2.45) is 5.73 Å². The molecule has 0 saturated heterocycles. The molecule has 1 aromatic rings. The van der Waals surface area contributed by atoms with Gasteiger partial charge in [0.1, 0.15) is 0 Å². The van der Waals surface area contributed by atoms with Gasteiger partial charge in [-0.1, -0.05) is 0 Å². The normalized spacial score (nSPS) is 12.4. The third kappa shape index (κ3) is 4.38. The topological polar surface area (TPSA) is 65.2 Å². The second kappa shape index (κ2) is 6.73. The minimum Gasteiger partial charge on any atom is -0.385 e. The monoisotopic (exact) mass is 286 g/mol. The van der Waals surface area contributed by atoms with Gasteiger partial charge in [-0.3, -0.25) is 9.78 Å². The Morgan fingerprint density at radius 2 is 2.38 bits per heavy atom. The van der Waals surface area contributed by atoms with Crippen LogP contribution in [0.4, 0.5) is 0 Å². The van der Waals surface area contributed by atoms with Crippen LogP contribution in [0, 0.1) is 0 Å². The lowest BCUT2D eigenvalue weighted by Gasteiger charge is -2.09. The lowest BCUT2D eigenvalue weighted by molar-refractivity contribution is -0.120. The van der Waals surface area contributed by atoms with Gasteiger partial charge in [-0.15, -0.1) is 0 Å². The Balaban J connectivity index is 2.47. The SMILES string of the molecule is COCCC(N)C(=O)Cc1ccc(Br)cn1. The predicted octanol–water partition coefficient (Wildman–Crippen LogP) is 1.32. The van der Waals surface area contributed by atoms with Crippen LogP contribution >= 0.6 is 15.9 Å². The van der Waals surface area contributed by atoms with Gasteiger partial charge in [-0.25, -0.2) is 0 Å². The minimum absolute atomic E-state index is 0.00753. The summed E-state index contributed by atoms with van der Waals surface area (Å²) in [4.78, 5) is 15.8. The van der Waals surface area contributed by atoms with Crippen LogP contribution in [0.3, 0.4) is 0 Å². The summed E-state index contributed by atoms with van der Waals surface area (Å²) in [6.07, 6.45) is 2.49. The van der Waals surface area contributed by atoms with E-state index in [0.717, 1.165) is 10.2 Å². The maximum Gasteiger partial charge on any atom is 0.155 e. The molecule has 0 aliphatic carbocycles. The molecule has 16 heavy (non-hydrogen) atoms. The molecule has 4 nitrogen and oxygen atoms in total. The molecule has 0 aliphatic rings. The molecule has 0 amide bonds. The summed E-state index contributed by atoms with van der Waals surface area (Å²) in [7, 11) is 1.59. The Kier molecular flexibility index (Phi) is 5.59. The van der Waals surface area contributed by atoms with E-state index in [1.165, 1.54) is 0 Å². The molecule has 1 atom stereocenters. The number of ketones is 1. The number of carbonyl (C=O) groups is 1. The molecule has 0 aliphatic heterocycles. The zero-order valence-electron chi connectivity index (χ0n) is 9.15. The van der Waals surface area contributed by atoms with Crippen molar-refractivity contribution in [3.05, 3.63) is 28.5 Å². The maximum atomic E-state index is 11.7. The summed E-state index contributed by atoms with van der Waals surface area (Å²) in [6.45, 7) is 0.501.